The predicted octanol–water partition coefficient (Wildman–Crippen LogP) is 5.74. The highest BCUT2D eigenvalue weighted by molar-refractivity contribution is 6.03. The number of halogens is 3. The molecule has 6 rings (SSSR count). The van der Waals surface area contributed by atoms with E-state index in [1.807, 2.05) is 22.6 Å². The summed E-state index contributed by atoms with van der Waals surface area (Å²) >= 11 is 0. The molecule has 4 heterocycles. The average Bonchev–Trinajstić information content (AvgIpc) is 3.63. The number of likely N-dealkylation sites (tertiary alicyclic amines) is 1. The van der Waals surface area contributed by atoms with E-state index in [0.29, 0.717) is 27.8 Å². The summed E-state index contributed by atoms with van der Waals surface area (Å²) < 4.78 is 41.3. The number of imidazole rings is 2. The smallest absolute Gasteiger partial charge is 0.324 e. The second-order valence-electron chi connectivity index (χ2n) is 9.20. The summed E-state index contributed by atoms with van der Waals surface area (Å²) in [6, 6.07) is 16.1. The lowest BCUT2D eigenvalue weighted by atomic mass is 10.0. The summed E-state index contributed by atoms with van der Waals surface area (Å²) in [5.74, 6) is -0.177. The summed E-state index contributed by atoms with van der Waals surface area (Å²) in [7, 11) is 0. The van der Waals surface area contributed by atoms with E-state index in [9.17, 15) is 18.0 Å². The number of alkyl halides is 3. The molecule has 10 heteroatoms. The minimum atomic E-state index is -4.42. The summed E-state index contributed by atoms with van der Waals surface area (Å²) in [6.45, 7) is 2.94. The highest BCUT2D eigenvalue weighted by Gasteiger charge is 2.30. The van der Waals surface area contributed by atoms with Gasteiger partial charge in [-0.15, -0.1) is 0 Å². The molecule has 5 aromatic rings. The molecule has 37 heavy (non-hydrogen) atoms. The third kappa shape index (κ3) is 4.67. The second kappa shape index (κ2) is 9.04. The minimum absolute atomic E-state index is 0.232. The molecule has 1 aliphatic rings. The van der Waals surface area contributed by atoms with Crippen LogP contribution in [0.3, 0.4) is 0 Å². The van der Waals surface area contributed by atoms with Gasteiger partial charge in [0.1, 0.15) is 11.3 Å². The van der Waals surface area contributed by atoms with Crippen LogP contribution in [0.4, 0.5) is 19.1 Å². The molecule has 0 unspecified atom stereocenters. The van der Waals surface area contributed by atoms with Gasteiger partial charge in [0, 0.05) is 18.4 Å². The average molecular weight is 505 g/mol. The number of hydrogen-bond acceptors (Lipinski definition) is 4. The SMILES string of the molecule is O=C(Nc1nc2ccc(-c3cccc(C(F)(F)F)c3)cc2[nH]1)c1cn2c(CN3CCCC3)cccc2n1. The van der Waals surface area contributed by atoms with E-state index in [0.717, 1.165) is 37.5 Å². The first-order chi connectivity index (χ1) is 17.8. The van der Waals surface area contributed by atoms with Crippen LogP contribution >= 0.6 is 0 Å². The number of amides is 1. The number of benzene rings is 2. The van der Waals surface area contributed by atoms with Gasteiger partial charge in [0.05, 0.1) is 16.6 Å². The number of anilines is 1. The number of H-pyrrole nitrogens is 1. The Morgan fingerprint density at radius 1 is 0.973 bits per heavy atom. The van der Waals surface area contributed by atoms with Gasteiger partial charge < -0.3 is 9.38 Å². The number of nitrogens with one attached hydrogen (secondary N) is 2. The molecule has 0 spiro atoms. The van der Waals surface area contributed by atoms with E-state index in [1.165, 1.54) is 18.9 Å². The van der Waals surface area contributed by atoms with Crippen molar-refractivity contribution in [2.24, 2.45) is 0 Å². The van der Waals surface area contributed by atoms with Crippen molar-refractivity contribution in [2.45, 2.75) is 25.6 Å². The molecule has 7 nitrogen and oxygen atoms in total. The number of carbonyl (C=O) groups is 1. The van der Waals surface area contributed by atoms with Gasteiger partial charge in [0.15, 0.2) is 0 Å². The molecular weight excluding hydrogens is 481 g/mol. The molecule has 1 aliphatic heterocycles. The van der Waals surface area contributed by atoms with Crippen LogP contribution in [0.1, 0.15) is 34.6 Å². The third-order valence-electron chi connectivity index (χ3n) is 6.63. The summed E-state index contributed by atoms with van der Waals surface area (Å²) in [4.78, 5) is 27.3. The van der Waals surface area contributed by atoms with Crippen molar-refractivity contribution in [1.82, 2.24) is 24.3 Å². The molecular formula is C27H23F3N6O. The maximum absolute atomic E-state index is 13.1. The zero-order valence-corrected chi connectivity index (χ0v) is 19.7. The maximum Gasteiger partial charge on any atom is 0.416 e. The number of fused-ring (bicyclic) bond motifs is 2. The molecule has 0 aliphatic carbocycles. The number of rotatable bonds is 5. The fraction of sp³-hybridized carbons (Fsp3) is 0.222. The monoisotopic (exact) mass is 504 g/mol. The maximum atomic E-state index is 13.1. The molecule has 0 bridgehead atoms. The molecule has 1 saturated heterocycles. The quantitative estimate of drug-likeness (QED) is 0.320. The first-order valence-corrected chi connectivity index (χ1v) is 12.0. The van der Waals surface area contributed by atoms with Crippen molar-refractivity contribution in [1.29, 1.82) is 0 Å². The highest BCUT2D eigenvalue weighted by atomic mass is 19.4. The molecule has 1 fully saturated rings. The number of nitrogens with zero attached hydrogens (tertiary/aromatic N) is 4. The standard InChI is InChI=1S/C27H23F3N6O/c28-27(29,30)19-6-3-5-17(13-19)18-9-10-21-22(14-18)33-26(32-21)34-25(37)23-16-36-20(7-4-8-24(36)31-23)15-35-11-1-2-12-35/h3-10,13-14,16H,1-2,11-12,15H2,(H2,32,33,34,37). The normalized spacial score (nSPS) is 14.6. The van der Waals surface area contributed by atoms with E-state index in [4.69, 9.17) is 0 Å². The van der Waals surface area contributed by atoms with Crippen molar-refractivity contribution in [3.63, 3.8) is 0 Å². The van der Waals surface area contributed by atoms with E-state index < -0.39 is 17.6 Å². The van der Waals surface area contributed by atoms with Crippen LogP contribution < -0.4 is 5.32 Å². The van der Waals surface area contributed by atoms with Crippen molar-refractivity contribution in [3.8, 4) is 11.1 Å². The van der Waals surface area contributed by atoms with Crippen LogP contribution in [0, 0.1) is 0 Å². The van der Waals surface area contributed by atoms with Crippen LogP contribution in [0.15, 0.2) is 66.9 Å². The number of carbonyl (C=O) groups excluding carboxylic acids is 1. The zero-order valence-electron chi connectivity index (χ0n) is 19.7. The first kappa shape index (κ1) is 23.2. The van der Waals surface area contributed by atoms with Crippen molar-refractivity contribution < 1.29 is 18.0 Å². The Morgan fingerprint density at radius 3 is 2.57 bits per heavy atom. The lowest BCUT2D eigenvalue weighted by Crippen LogP contribution is -2.19. The van der Waals surface area contributed by atoms with Gasteiger partial charge in [-0.25, -0.2) is 9.97 Å². The van der Waals surface area contributed by atoms with Crippen LogP contribution in [-0.2, 0) is 12.7 Å². The Bertz CT molecular complexity index is 1610. The Balaban J connectivity index is 1.23. The van der Waals surface area contributed by atoms with Gasteiger partial charge in [-0.3, -0.25) is 15.0 Å². The summed E-state index contributed by atoms with van der Waals surface area (Å²) in [6.07, 6.45) is -0.290. The van der Waals surface area contributed by atoms with Gasteiger partial charge >= 0.3 is 6.18 Å². The number of hydrogen-bond donors (Lipinski definition) is 2. The van der Waals surface area contributed by atoms with Crippen LogP contribution in [-0.4, -0.2) is 43.2 Å². The molecule has 0 saturated carbocycles. The van der Waals surface area contributed by atoms with Gasteiger partial charge in [-0.2, -0.15) is 13.2 Å². The van der Waals surface area contributed by atoms with Gasteiger partial charge in [0.25, 0.3) is 5.91 Å². The van der Waals surface area contributed by atoms with Crippen molar-refractivity contribution in [3.05, 3.63) is 83.8 Å². The lowest BCUT2D eigenvalue weighted by Gasteiger charge is -2.15. The largest absolute Gasteiger partial charge is 0.416 e. The number of aromatic amines is 1. The zero-order chi connectivity index (χ0) is 25.6. The number of pyridine rings is 1. The van der Waals surface area contributed by atoms with Gasteiger partial charge in [-0.1, -0.05) is 24.3 Å². The van der Waals surface area contributed by atoms with Crippen molar-refractivity contribution in [2.75, 3.05) is 18.4 Å². The summed E-state index contributed by atoms with van der Waals surface area (Å²) in [5, 5.41) is 2.75. The molecule has 0 radical (unpaired) electrons. The van der Waals surface area contributed by atoms with E-state index >= 15 is 0 Å². The Hall–Kier alpha value is -4.18. The van der Waals surface area contributed by atoms with E-state index in [-0.39, 0.29) is 11.6 Å². The van der Waals surface area contributed by atoms with Crippen LogP contribution in [0.2, 0.25) is 0 Å². The molecule has 1 amide bonds. The predicted molar refractivity (Wildman–Crippen MR) is 134 cm³/mol. The third-order valence-corrected chi connectivity index (χ3v) is 6.63. The Labute approximate surface area is 210 Å². The van der Waals surface area contributed by atoms with Gasteiger partial charge in [0.2, 0.25) is 5.95 Å². The first-order valence-electron chi connectivity index (χ1n) is 12.0. The minimum Gasteiger partial charge on any atom is -0.324 e. The Kier molecular flexibility index (Phi) is 5.68. The van der Waals surface area contributed by atoms with Crippen LogP contribution in [0.5, 0.6) is 0 Å². The topological polar surface area (TPSA) is 78.3 Å². The molecule has 0 atom stereocenters. The van der Waals surface area contributed by atoms with Crippen molar-refractivity contribution >= 4 is 28.5 Å². The van der Waals surface area contributed by atoms with E-state index in [2.05, 4.69) is 25.2 Å². The lowest BCUT2D eigenvalue weighted by molar-refractivity contribution is -0.137. The fourth-order valence-corrected chi connectivity index (χ4v) is 4.77. The van der Waals surface area contributed by atoms with Gasteiger partial charge in [-0.05, 0) is 73.5 Å². The fourth-order valence-electron chi connectivity index (χ4n) is 4.77. The molecule has 2 N–H and O–H groups in total. The Morgan fingerprint density at radius 2 is 1.76 bits per heavy atom. The molecule has 3 aromatic heterocycles. The molecule has 2 aromatic carbocycles. The summed E-state index contributed by atoms with van der Waals surface area (Å²) in [5.41, 5.74) is 3.52. The second-order valence-corrected chi connectivity index (χ2v) is 9.20. The highest BCUT2D eigenvalue weighted by Crippen LogP contribution is 2.33. The number of aromatic nitrogens is 4. The van der Waals surface area contributed by atoms with E-state index in [1.54, 1.807) is 30.5 Å². The van der Waals surface area contributed by atoms with Crippen LogP contribution in [0.25, 0.3) is 27.8 Å². The molecule has 188 valence electrons.